The van der Waals surface area contributed by atoms with Gasteiger partial charge in [0.15, 0.2) is 0 Å². The van der Waals surface area contributed by atoms with Crippen molar-refractivity contribution < 1.29 is 8.91 Å². The summed E-state index contributed by atoms with van der Waals surface area (Å²) < 4.78 is 22.8. The number of benzene rings is 1. The van der Waals surface area contributed by atoms with Gasteiger partial charge < -0.3 is 9.09 Å². The highest BCUT2D eigenvalue weighted by Crippen LogP contribution is 2.34. The Labute approximate surface area is 170 Å². The van der Waals surface area contributed by atoms with Crippen LogP contribution in [0, 0.1) is 17.1 Å². The molecule has 8 nitrogen and oxygen atoms in total. The monoisotopic (exact) mass is 406 g/mol. The van der Waals surface area contributed by atoms with Crippen molar-refractivity contribution in [3.8, 4) is 17.6 Å². The molecule has 5 rings (SSSR count). The third-order valence-corrected chi connectivity index (χ3v) is 5.78. The molecule has 0 amide bonds. The summed E-state index contributed by atoms with van der Waals surface area (Å²) in [6.07, 6.45) is 5.78. The largest absolute Gasteiger partial charge is 0.339 e. The first-order valence-corrected chi connectivity index (χ1v) is 9.99. The van der Waals surface area contributed by atoms with E-state index in [1.54, 1.807) is 10.5 Å². The quantitative estimate of drug-likeness (QED) is 0.510. The second kappa shape index (κ2) is 6.76. The van der Waals surface area contributed by atoms with Gasteiger partial charge in [-0.3, -0.25) is 9.20 Å². The number of hydrogen-bond donors (Lipinski definition) is 0. The average molecular weight is 406 g/mol. The van der Waals surface area contributed by atoms with Crippen LogP contribution in [0.5, 0.6) is 0 Å². The van der Waals surface area contributed by atoms with Gasteiger partial charge in [-0.2, -0.15) is 10.2 Å². The molecule has 0 N–H and O–H groups in total. The Morgan fingerprint density at radius 2 is 2.03 bits per heavy atom. The van der Waals surface area contributed by atoms with Gasteiger partial charge >= 0.3 is 0 Å². The Balaban J connectivity index is 1.82. The smallest absolute Gasteiger partial charge is 0.278 e. The highest BCUT2D eigenvalue weighted by atomic mass is 19.1. The van der Waals surface area contributed by atoms with Crippen molar-refractivity contribution in [3.63, 3.8) is 0 Å². The molecule has 30 heavy (non-hydrogen) atoms. The number of aromatic nitrogens is 5. The van der Waals surface area contributed by atoms with Crippen molar-refractivity contribution in [2.75, 3.05) is 0 Å². The maximum atomic E-state index is 14.3. The molecule has 1 aromatic carbocycles. The van der Waals surface area contributed by atoms with Crippen LogP contribution in [0.1, 0.15) is 62.9 Å². The third-order valence-electron chi connectivity index (χ3n) is 5.78. The van der Waals surface area contributed by atoms with Gasteiger partial charge in [0.1, 0.15) is 35.0 Å². The van der Waals surface area contributed by atoms with E-state index in [-0.39, 0.29) is 39.9 Å². The fourth-order valence-electron chi connectivity index (χ4n) is 4.38. The number of imidazole rings is 1. The molecule has 1 aliphatic rings. The van der Waals surface area contributed by atoms with E-state index in [0.717, 1.165) is 25.7 Å². The van der Waals surface area contributed by atoms with Gasteiger partial charge in [-0.1, -0.05) is 18.0 Å². The molecule has 1 fully saturated rings. The molecule has 1 saturated carbocycles. The number of nitriles is 1. The Morgan fingerprint density at radius 3 is 2.73 bits per heavy atom. The van der Waals surface area contributed by atoms with Gasteiger partial charge in [0.2, 0.25) is 11.7 Å². The first-order valence-electron chi connectivity index (χ1n) is 9.99. The maximum Gasteiger partial charge on any atom is 0.278 e. The van der Waals surface area contributed by atoms with Crippen LogP contribution in [0.15, 0.2) is 27.8 Å². The van der Waals surface area contributed by atoms with E-state index in [9.17, 15) is 14.4 Å². The molecule has 0 saturated heterocycles. The number of fused-ring (bicyclic) bond motifs is 3. The highest BCUT2D eigenvalue weighted by Gasteiger charge is 2.27. The van der Waals surface area contributed by atoms with Gasteiger partial charge in [0.05, 0.1) is 11.0 Å². The Bertz CT molecular complexity index is 1380. The zero-order chi connectivity index (χ0) is 21.0. The van der Waals surface area contributed by atoms with Crippen molar-refractivity contribution in [2.24, 2.45) is 0 Å². The summed E-state index contributed by atoms with van der Waals surface area (Å²) in [6.45, 7) is 3.62. The summed E-state index contributed by atoms with van der Waals surface area (Å²) in [5.74, 6) is 0.406. The van der Waals surface area contributed by atoms with Crippen LogP contribution in [-0.4, -0.2) is 24.1 Å². The first-order chi connectivity index (χ1) is 14.5. The molecule has 3 aromatic heterocycles. The lowest BCUT2D eigenvalue weighted by Gasteiger charge is -2.16. The zero-order valence-corrected chi connectivity index (χ0v) is 16.6. The van der Waals surface area contributed by atoms with Crippen molar-refractivity contribution >= 4 is 16.6 Å². The number of nitrogens with zero attached hydrogens (tertiary/aromatic N) is 6. The van der Waals surface area contributed by atoms with Crippen molar-refractivity contribution in [1.82, 2.24) is 24.1 Å². The SMILES string of the molecule is CC(C)n1c(=O)c2c(-c3noc(C4CCCC4)n3)ncn2c2ccc(F)c(C#N)c21. The summed E-state index contributed by atoms with van der Waals surface area (Å²) in [4.78, 5) is 22.4. The molecule has 0 aliphatic heterocycles. The van der Waals surface area contributed by atoms with Crippen LogP contribution in [0.4, 0.5) is 4.39 Å². The van der Waals surface area contributed by atoms with E-state index in [1.165, 1.54) is 17.0 Å². The molecular formula is C21H19FN6O2. The lowest BCUT2D eigenvalue weighted by molar-refractivity contribution is 0.354. The second-order valence-electron chi connectivity index (χ2n) is 7.92. The van der Waals surface area contributed by atoms with Crippen LogP contribution in [0.2, 0.25) is 0 Å². The molecule has 4 aromatic rings. The standard InChI is InChI=1S/C21H19FN6O2/c1-11(2)28-17-13(9-23)14(22)7-8-15(17)27-10-24-16(18(27)21(28)29)19-25-20(30-26-19)12-5-3-4-6-12/h7-8,10-12H,3-6H2,1-2H3. The normalized spacial score (nSPS) is 14.9. The van der Waals surface area contributed by atoms with Crippen LogP contribution in [-0.2, 0) is 0 Å². The molecule has 3 heterocycles. The predicted molar refractivity (Wildman–Crippen MR) is 107 cm³/mol. The van der Waals surface area contributed by atoms with E-state index in [0.29, 0.717) is 17.1 Å². The molecule has 152 valence electrons. The minimum Gasteiger partial charge on any atom is -0.339 e. The van der Waals surface area contributed by atoms with E-state index in [1.807, 2.05) is 19.9 Å². The van der Waals surface area contributed by atoms with Crippen LogP contribution < -0.4 is 5.56 Å². The lowest BCUT2D eigenvalue weighted by atomic mass is 10.1. The maximum absolute atomic E-state index is 14.3. The zero-order valence-electron chi connectivity index (χ0n) is 16.6. The minimum atomic E-state index is -0.669. The van der Waals surface area contributed by atoms with Crippen molar-refractivity contribution in [3.05, 3.63) is 46.1 Å². The minimum absolute atomic E-state index is 0.168. The first kappa shape index (κ1) is 18.5. The summed E-state index contributed by atoms with van der Waals surface area (Å²) in [5, 5.41) is 13.6. The average Bonchev–Trinajstić information content (AvgIpc) is 3.46. The summed E-state index contributed by atoms with van der Waals surface area (Å²) in [7, 11) is 0. The Morgan fingerprint density at radius 1 is 1.27 bits per heavy atom. The molecule has 9 heteroatoms. The van der Waals surface area contributed by atoms with Crippen LogP contribution in [0.3, 0.4) is 0 Å². The van der Waals surface area contributed by atoms with Crippen molar-refractivity contribution in [2.45, 2.75) is 51.5 Å². The van der Waals surface area contributed by atoms with Gasteiger partial charge in [0.25, 0.3) is 5.56 Å². The fraction of sp³-hybridized carbons (Fsp3) is 0.381. The third kappa shape index (κ3) is 2.56. The van der Waals surface area contributed by atoms with E-state index < -0.39 is 5.82 Å². The fourth-order valence-corrected chi connectivity index (χ4v) is 4.38. The topological polar surface area (TPSA) is 102 Å². The number of rotatable bonds is 3. The van der Waals surface area contributed by atoms with Crippen molar-refractivity contribution in [1.29, 1.82) is 5.26 Å². The summed E-state index contributed by atoms with van der Waals surface area (Å²) in [5.41, 5.74) is 0.777. The molecule has 0 radical (unpaired) electrons. The van der Waals surface area contributed by atoms with Gasteiger partial charge in [-0.05, 0) is 38.8 Å². The summed E-state index contributed by atoms with van der Waals surface area (Å²) >= 11 is 0. The van der Waals surface area contributed by atoms with Gasteiger partial charge in [-0.25, -0.2) is 9.37 Å². The van der Waals surface area contributed by atoms with Gasteiger partial charge in [0, 0.05) is 12.0 Å². The van der Waals surface area contributed by atoms with E-state index in [2.05, 4.69) is 15.1 Å². The molecular weight excluding hydrogens is 387 g/mol. The number of halogens is 1. The molecule has 0 unspecified atom stereocenters. The molecule has 0 spiro atoms. The number of hydrogen-bond acceptors (Lipinski definition) is 6. The Kier molecular flexibility index (Phi) is 4.17. The van der Waals surface area contributed by atoms with E-state index >= 15 is 0 Å². The van der Waals surface area contributed by atoms with Crippen LogP contribution >= 0.6 is 0 Å². The lowest BCUT2D eigenvalue weighted by Crippen LogP contribution is -2.25. The molecule has 0 bridgehead atoms. The van der Waals surface area contributed by atoms with Crippen LogP contribution in [0.25, 0.3) is 28.1 Å². The predicted octanol–water partition coefficient (Wildman–Crippen LogP) is 3.95. The molecule has 1 aliphatic carbocycles. The second-order valence-corrected chi connectivity index (χ2v) is 7.92. The van der Waals surface area contributed by atoms with E-state index in [4.69, 9.17) is 4.52 Å². The molecule has 0 atom stereocenters. The Hall–Kier alpha value is -3.54. The highest BCUT2D eigenvalue weighted by molar-refractivity contribution is 5.87. The van der Waals surface area contributed by atoms with Gasteiger partial charge in [-0.15, -0.1) is 0 Å². The summed E-state index contributed by atoms with van der Waals surface area (Å²) in [6, 6.07) is 4.35.